The van der Waals surface area contributed by atoms with Crippen LogP contribution in [0.1, 0.15) is 73.4 Å². The number of hydrogen-bond donors (Lipinski definition) is 2. The number of aromatic nitrogens is 2. The lowest BCUT2D eigenvalue weighted by molar-refractivity contribution is -0.154. The molecule has 0 spiro atoms. The van der Waals surface area contributed by atoms with Gasteiger partial charge in [-0.15, -0.1) is 11.8 Å². The molecule has 0 aliphatic carbocycles. The van der Waals surface area contributed by atoms with E-state index in [0.29, 0.717) is 71.4 Å². The van der Waals surface area contributed by atoms with Gasteiger partial charge in [0.05, 0.1) is 6.04 Å². The quantitative estimate of drug-likeness (QED) is 0.0265. The van der Waals surface area contributed by atoms with E-state index >= 15 is 0 Å². The van der Waals surface area contributed by atoms with E-state index in [1.807, 2.05) is 172 Å². The van der Waals surface area contributed by atoms with E-state index in [9.17, 15) is 28.2 Å². The van der Waals surface area contributed by atoms with Gasteiger partial charge in [0.25, 0.3) is 11.8 Å². The van der Waals surface area contributed by atoms with Crippen LogP contribution < -0.4 is 11.1 Å². The lowest BCUT2D eigenvalue weighted by Gasteiger charge is -2.49. The first-order chi connectivity index (χ1) is 38.0. The molecule has 0 radical (unpaired) electrons. The number of β-lactam (4-membered cyclic amide) rings is 1. The number of carbonyl (C=O) groups is 5. The van der Waals surface area contributed by atoms with Crippen LogP contribution in [0.2, 0.25) is 0 Å². The summed E-state index contributed by atoms with van der Waals surface area (Å²) in [6, 6.07) is 45.7. The SMILES string of the molecule is CC(C)(C)OC(=O)N1CC[C@@H](N2CC/C(=C\C3=C(C(=O)OC(c4ccccc4)c4ccccc4)N4C(=O)[C@@H](NC(=O)/C(=N\OC(c5ccccc5)(c5ccccc5)c5ccccc5)c5nsc(N)n5)[C@H]4SC3)C2=O)C1.CS(C)=O. The molecule has 1 aromatic heterocycles. The number of likely N-dealkylation sites (tertiary alicyclic amines) is 2. The number of amides is 4. The minimum atomic E-state index is -1.38. The summed E-state index contributed by atoms with van der Waals surface area (Å²) in [5.74, 6) is -2.35. The van der Waals surface area contributed by atoms with E-state index in [1.165, 1.54) is 16.7 Å². The fraction of sp³-hybridized carbons (Fsp3) is 0.288. The maximum atomic E-state index is 15.0. The summed E-state index contributed by atoms with van der Waals surface area (Å²) in [5.41, 5.74) is 8.11. The number of rotatable bonds is 14. The summed E-state index contributed by atoms with van der Waals surface area (Å²) < 4.78 is 25.9. The molecule has 4 aliphatic heterocycles. The molecule has 3 fully saturated rings. The smallest absolute Gasteiger partial charge is 0.410 e. The standard InChI is InChI=1S/C57H54N8O8S2.C2H6OS/c1-56(2,3)72-55(70)63-31-30-43(34-63)64-32-29-38(50(64)67)33-39-35-74-52-45(51(68)65(52)46(39)53(69)71-47(36-19-9-4-10-20-36)37-21-11-5-12-22-37)59-49(66)44(48-60-54(58)75-62-48)61-73-57(40-23-13-6-14-24-40,41-25-15-7-16-26-41)42-27-17-8-18-28-42;1-4(2)3/h4-28,33,43,45,47,52H,29-32,34-35H2,1-3H3,(H,59,66)(H2,58,60,62);1-2H3/b38-33+,61-44-;/t43-,45-,52-;/m1./s1. The Labute approximate surface area is 469 Å². The van der Waals surface area contributed by atoms with Gasteiger partial charge in [-0.3, -0.25) is 23.5 Å². The lowest BCUT2D eigenvalue weighted by Crippen LogP contribution is -2.71. The summed E-state index contributed by atoms with van der Waals surface area (Å²) in [6.07, 6.45) is 4.66. The van der Waals surface area contributed by atoms with Crippen LogP contribution in [0.3, 0.4) is 0 Å². The largest absolute Gasteiger partial charge is 0.448 e. The zero-order valence-electron chi connectivity index (χ0n) is 44.2. The number of esters is 1. The molecule has 79 heavy (non-hydrogen) atoms. The highest BCUT2D eigenvalue weighted by Gasteiger charge is 2.55. The molecule has 0 saturated carbocycles. The average Bonchev–Trinajstić information content (AvgIpc) is 4.26. The predicted molar refractivity (Wildman–Crippen MR) is 305 cm³/mol. The van der Waals surface area contributed by atoms with Gasteiger partial charge in [0, 0.05) is 82.5 Å². The molecule has 3 N–H and O–H groups in total. The van der Waals surface area contributed by atoms with Crippen LogP contribution in [0.25, 0.3) is 0 Å². The maximum Gasteiger partial charge on any atom is 0.410 e. The van der Waals surface area contributed by atoms with Gasteiger partial charge in [-0.25, -0.2) is 9.59 Å². The van der Waals surface area contributed by atoms with E-state index in [2.05, 4.69) is 19.8 Å². The fourth-order valence-electron chi connectivity index (χ4n) is 9.82. The van der Waals surface area contributed by atoms with E-state index < -0.39 is 63.4 Å². The molecule has 4 aliphatic rings. The van der Waals surface area contributed by atoms with Gasteiger partial charge in [0.15, 0.2) is 11.2 Å². The minimum Gasteiger partial charge on any atom is -0.448 e. The van der Waals surface area contributed by atoms with Crippen LogP contribution in [0.4, 0.5) is 9.93 Å². The Morgan fingerprint density at radius 1 is 0.810 bits per heavy atom. The van der Waals surface area contributed by atoms with Crippen LogP contribution in [-0.4, -0.2) is 125 Å². The number of benzene rings is 5. The highest BCUT2D eigenvalue weighted by atomic mass is 32.2. The van der Waals surface area contributed by atoms with Gasteiger partial charge in [0.2, 0.25) is 23.0 Å². The normalized spacial score (nSPS) is 19.0. The number of thioether (sulfide) groups is 1. The molecule has 5 heterocycles. The van der Waals surface area contributed by atoms with E-state index in [0.717, 1.165) is 11.5 Å². The molecular weight excluding hydrogens is 1060 g/mol. The summed E-state index contributed by atoms with van der Waals surface area (Å²) >= 11 is 2.19. The van der Waals surface area contributed by atoms with E-state index in [1.54, 1.807) is 28.4 Å². The molecule has 0 unspecified atom stereocenters. The number of oxime groups is 1. The minimum absolute atomic E-state index is 0.0358. The highest BCUT2D eigenvalue weighted by Crippen LogP contribution is 2.44. The third kappa shape index (κ3) is 12.5. The maximum absolute atomic E-state index is 15.0. The molecule has 20 heteroatoms. The Morgan fingerprint density at radius 2 is 1.34 bits per heavy atom. The lowest BCUT2D eigenvalue weighted by atomic mass is 9.80. The number of nitrogens with two attached hydrogens (primary N) is 1. The van der Waals surface area contributed by atoms with Gasteiger partial charge in [-0.1, -0.05) is 157 Å². The summed E-state index contributed by atoms with van der Waals surface area (Å²) in [4.78, 5) is 87.4. The molecule has 5 aromatic carbocycles. The van der Waals surface area contributed by atoms with Crippen LogP contribution in [-0.2, 0) is 49.9 Å². The fourth-order valence-corrected chi connectivity index (χ4v) is 11.6. The second-order valence-electron chi connectivity index (χ2n) is 20.1. The highest BCUT2D eigenvalue weighted by molar-refractivity contribution is 8.00. The zero-order valence-corrected chi connectivity index (χ0v) is 46.7. The molecule has 0 bridgehead atoms. The monoisotopic (exact) mass is 1120 g/mol. The molecule has 3 atom stereocenters. The second kappa shape index (κ2) is 24.4. The van der Waals surface area contributed by atoms with Gasteiger partial charge in [-0.2, -0.15) is 9.36 Å². The predicted octanol–water partition coefficient (Wildman–Crippen LogP) is 7.98. The second-order valence-corrected chi connectivity index (χ2v) is 23.5. The number of carbonyl (C=O) groups excluding carboxylic acids is 5. The Bertz CT molecular complexity index is 3160. The number of hydrogen-bond acceptors (Lipinski definition) is 15. The van der Waals surface area contributed by atoms with Crippen molar-refractivity contribution in [1.29, 1.82) is 0 Å². The van der Waals surface area contributed by atoms with Crippen molar-refractivity contribution >= 4 is 74.7 Å². The van der Waals surface area contributed by atoms with E-state index in [-0.39, 0.29) is 40.1 Å². The average molecular weight is 1120 g/mol. The van der Waals surface area contributed by atoms with Crippen molar-refractivity contribution in [3.63, 3.8) is 0 Å². The Morgan fingerprint density at radius 3 is 1.85 bits per heavy atom. The number of nitrogens with zero attached hydrogens (tertiary/aromatic N) is 6. The molecule has 3 saturated heterocycles. The van der Waals surface area contributed by atoms with Crippen molar-refractivity contribution in [2.45, 2.75) is 68.4 Å². The molecule has 4 amide bonds. The number of nitrogens with one attached hydrogen (secondary N) is 1. The van der Waals surface area contributed by atoms with E-state index in [4.69, 9.17) is 20.0 Å². The molecule has 10 rings (SSSR count). The first-order valence-corrected chi connectivity index (χ1v) is 29.4. The van der Waals surface area contributed by atoms with Gasteiger partial charge in [0.1, 0.15) is 22.7 Å². The topological polar surface area (TPSA) is 216 Å². The Hall–Kier alpha value is -7.94. The number of anilines is 1. The molecule has 6 aromatic rings. The van der Waals surface area contributed by atoms with Crippen LogP contribution >= 0.6 is 23.3 Å². The van der Waals surface area contributed by atoms with Crippen molar-refractivity contribution in [1.82, 2.24) is 29.4 Å². The van der Waals surface area contributed by atoms with Gasteiger partial charge in [-0.05, 0) is 56.4 Å². The molecular formula is C59H60N8O9S3. The van der Waals surface area contributed by atoms with Crippen LogP contribution in [0.5, 0.6) is 0 Å². The van der Waals surface area contributed by atoms with Crippen molar-refractivity contribution in [3.05, 3.63) is 208 Å². The van der Waals surface area contributed by atoms with Crippen molar-refractivity contribution in [2.24, 2.45) is 5.16 Å². The van der Waals surface area contributed by atoms with Gasteiger partial charge < -0.3 is 35.2 Å². The third-order valence-electron chi connectivity index (χ3n) is 13.4. The summed E-state index contributed by atoms with van der Waals surface area (Å²) in [7, 11) is -0.611. The Kier molecular flexibility index (Phi) is 17.2. The van der Waals surface area contributed by atoms with Crippen molar-refractivity contribution in [2.75, 3.05) is 43.6 Å². The van der Waals surface area contributed by atoms with Crippen molar-refractivity contribution < 1.29 is 42.5 Å². The zero-order chi connectivity index (χ0) is 55.8. The number of nitrogen functional groups attached to an aromatic ring is 1. The third-order valence-corrected chi connectivity index (χ3v) is 15.2. The number of ether oxygens (including phenoxy) is 2. The first kappa shape index (κ1) is 55.8. The van der Waals surface area contributed by atoms with Crippen LogP contribution in [0.15, 0.2) is 180 Å². The molecule has 408 valence electrons. The van der Waals surface area contributed by atoms with Crippen LogP contribution in [0, 0.1) is 0 Å². The number of fused-ring (bicyclic) bond motifs is 1. The summed E-state index contributed by atoms with van der Waals surface area (Å²) in [6.45, 7) is 6.63. The first-order valence-electron chi connectivity index (χ1n) is 25.6. The molecule has 17 nitrogen and oxygen atoms in total. The van der Waals surface area contributed by atoms with Gasteiger partial charge >= 0.3 is 12.1 Å². The van der Waals surface area contributed by atoms with Crippen molar-refractivity contribution in [3.8, 4) is 0 Å². The number of allylic oxidation sites excluding steroid dienone is 1. The Balaban J connectivity index is 0.00000183. The summed E-state index contributed by atoms with van der Waals surface area (Å²) in [5, 5.41) is 6.74.